The maximum Gasteiger partial charge on any atom is 0.132 e. The molecule has 0 bridgehead atoms. The van der Waals surface area contributed by atoms with E-state index in [-0.39, 0.29) is 0 Å². The molecule has 1 nitrogen and oxygen atoms in total. The Hall–Kier alpha value is -0.250. The summed E-state index contributed by atoms with van der Waals surface area (Å²) in [6, 6.07) is 6.06. The van der Waals surface area contributed by atoms with Crippen LogP contribution in [0, 0.1) is 9.49 Å². The zero-order chi connectivity index (χ0) is 10.7. The molecule has 82 valence electrons. The molecule has 0 amide bonds. The molecule has 0 atom stereocenters. The van der Waals surface area contributed by atoms with E-state index in [2.05, 4.69) is 28.7 Å². The second kappa shape index (κ2) is 5.19. The SMILES string of the molecule is Oc1c(I)cccc1CC1CCCCC1. The van der Waals surface area contributed by atoms with Crippen molar-refractivity contribution in [3.8, 4) is 5.75 Å². The maximum atomic E-state index is 9.92. The van der Waals surface area contributed by atoms with Crippen LogP contribution in [0.5, 0.6) is 5.75 Å². The normalized spacial score (nSPS) is 17.9. The number of phenolic OH excluding ortho intramolecular Hbond substituents is 1. The number of hydrogen-bond acceptors (Lipinski definition) is 1. The van der Waals surface area contributed by atoms with Gasteiger partial charge in [-0.2, -0.15) is 0 Å². The van der Waals surface area contributed by atoms with Crippen LogP contribution in [0.2, 0.25) is 0 Å². The fourth-order valence-electron chi connectivity index (χ4n) is 2.43. The van der Waals surface area contributed by atoms with Gasteiger partial charge in [0, 0.05) is 0 Å². The van der Waals surface area contributed by atoms with Crippen molar-refractivity contribution in [1.82, 2.24) is 0 Å². The summed E-state index contributed by atoms with van der Waals surface area (Å²) < 4.78 is 0.973. The summed E-state index contributed by atoms with van der Waals surface area (Å²) in [5, 5.41) is 9.92. The van der Waals surface area contributed by atoms with E-state index in [4.69, 9.17) is 0 Å². The van der Waals surface area contributed by atoms with Crippen molar-refractivity contribution in [3.63, 3.8) is 0 Å². The molecule has 0 aliphatic heterocycles. The zero-order valence-electron chi connectivity index (χ0n) is 8.88. The van der Waals surface area contributed by atoms with Crippen molar-refractivity contribution in [1.29, 1.82) is 0 Å². The Bertz CT molecular complexity index is 329. The van der Waals surface area contributed by atoms with Gasteiger partial charge in [-0.15, -0.1) is 0 Å². The van der Waals surface area contributed by atoms with Crippen molar-refractivity contribution < 1.29 is 5.11 Å². The Kier molecular flexibility index (Phi) is 3.89. The lowest BCUT2D eigenvalue weighted by Gasteiger charge is -2.21. The minimum atomic E-state index is 0.503. The van der Waals surface area contributed by atoms with E-state index in [1.54, 1.807) is 0 Å². The van der Waals surface area contributed by atoms with Gasteiger partial charge >= 0.3 is 0 Å². The monoisotopic (exact) mass is 316 g/mol. The van der Waals surface area contributed by atoms with Crippen molar-refractivity contribution in [2.24, 2.45) is 5.92 Å². The van der Waals surface area contributed by atoms with Crippen LogP contribution < -0.4 is 0 Å². The molecule has 1 aliphatic carbocycles. The Morgan fingerprint density at radius 3 is 2.67 bits per heavy atom. The average Bonchev–Trinajstić information content (AvgIpc) is 2.26. The van der Waals surface area contributed by atoms with Gasteiger partial charge in [0.15, 0.2) is 0 Å². The highest BCUT2D eigenvalue weighted by molar-refractivity contribution is 14.1. The molecule has 0 spiro atoms. The molecule has 0 aromatic heterocycles. The third kappa shape index (κ3) is 2.86. The van der Waals surface area contributed by atoms with Gasteiger partial charge in [-0.1, -0.05) is 44.2 Å². The standard InChI is InChI=1S/C13H17IO/c14-12-8-4-7-11(13(12)15)9-10-5-2-1-3-6-10/h4,7-8,10,15H,1-3,5-6,9H2. The van der Waals surface area contributed by atoms with E-state index in [1.807, 2.05) is 12.1 Å². The van der Waals surface area contributed by atoms with Gasteiger partial charge in [0.1, 0.15) is 5.75 Å². The second-order valence-corrected chi connectivity index (χ2v) is 5.62. The Labute approximate surface area is 105 Å². The van der Waals surface area contributed by atoms with Gasteiger partial charge in [-0.25, -0.2) is 0 Å². The van der Waals surface area contributed by atoms with E-state index in [9.17, 15) is 5.11 Å². The third-order valence-electron chi connectivity index (χ3n) is 3.30. The molecule has 1 aliphatic rings. The fourth-order valence-corrected chi connectivity index (χ4v) is 2.98. The summed E-state index contributed by atoms with van der Waals surface area (Å²) in [7, 11) is 0. The van der Waals surface area contributed by atoms with Crippen LogP contribution in [0.3, 0.4) is 0 Å². The van der Waals surface area contributed by atoms with Crippen LogP contribution in [0.4, 0.5) is 0 Å². The van der Waals surface area contributed by atoms with Crippen LogP contribution in [0.1, 0.15) is 37.7 Å². The second-order valence-electron chi connectivity index (χ2n) is 4.46. The highest BCUT2D eigenvalue weighted by atomic mass is 127. The summed E-state index contributed by atoms with van der Waals surface area (Å²) in [5.41, 5.74) is 1.13. The lowest BCUT2D eigenvalue weighted by atomic mass is 9.85. The Morgan fingerprint density at radius 1 is 1.20 bits per heavy atom. The van der Waals surface area contributed by atoms with Gasteiger partial charge < -0.3 is 5.11 Å². The van der Waals surface area contributed by atoms with Gasteiger partial charge in [0.25, 0.3) is 0 Å². The minimum absolute atomic E-state index is 0.503. The molecule has 1 saturated carbocycles. The first-order chi connectivity index (χ1) is 7.27. The third-order valence-corrected chi connectivity index (χ3v) is 4.17. The number of hydrogen-bond donors (Lipinski definition) is 1. The summed E-state index contributed by atoms with van der Waals surface area (Å²) in [5.74, 6) is 1.30. The van der Waals surface area contributed by atoms with Gasteiger partial charge in [-0.05, 0) is 46.6 Å². The van der Waals surface area contributed by atoms with Gasteiger partial charge in [-0.3, -0.25) is 0 Å². The first-order valence-corrected chi connectivity index (χ1v) is 6.81. The smallest absolute Gasteiger partial charge is 0.132 e. The van der Waals surface area contributed by atoms with E-state index < -0.39 is 0 Å². The molecule has 1 N–H and O–H groups in total. The molecule has 1 fully saturated rings. The van der Waals surface area contributed by atoms with Crippen LogP contribution in [0.25, 0.3) is 0 Å². The maximum absolute atomic E-state index is 9.92. The predicted octanol–water partition coefficient (Wildman–Crippen LogP) is 4.12. The highest BCUT2D eigenvalue weighted by Crippen LogP contribution is 2.31. The van der Waals surface area contributed by atoms with Crippen molar-refractivity contribution in [3.05, 3.63) is 27.3 Å². The summed E-state index contributed by atoms with van der Waals surface area (Å²) in [6.07, 6.45) is 7.87. The number of halogens is 1. The number of benzene rings is 1. The zero-order valence-corrected chi connectivity index (χ0v) is 11.0. The first kappa shape index (κ1) is 11.2. The van der Waals surface area contributed by atoms with E-state index in [0.29, 0.717) is 5.75 Å². The largest absolute Gasteiger partial charge is 0.507 e. The van der Waals surface area contributed by atoms with Crippen LogP contribution >= 0.6 is 22.6 Å². The van der Waals surface area contributed by atoms with E-state index in [0.717, 1.165) is 21.5 Å². The molecule has 1 aromatic carbocycles. The van der Waals surface area contributed by atoms with Crippen molar-refractivity contribution in [2.45, 2.75) is 38.5 Å². The predicted molar refractivity (Wildman–Crippen MR) is 71.1 cm³/mol. The highest BCUT2D eigenvalue weighted by Gasteiger charge is 2.16. The number of aromatic hydroxyl groups is 1. The van der Waals surface area contributed by atoms with Crippen LogP contribution in [-0.4, -0.2) is 5.11 Å². The van der Waals surface area contributed by atoms with Crippen molar-refractivity contribution >= 4 is 22.6 Å². The number of phenols is 1. The molecule has 0 heterocycles. The molecule has 0 radical (unpaired) electrons. The first-order valence-electron chi connectivity index (χ1n) is 5.73. The Morgan fingerprint density at radius 2 is 1.93 bits per heavy atom. The van der Waals surface area contributed by atoms with Gasteiger partial charge in [0.2, 0.25) is 0 Å². The summed E-state index contributed by atoms with van der Waals surface area (Å²) in [6.45, 7) is 0. The van der Waals surface area contributed by atoms with E-state index in [1.165, 1.54) is 32.1 Å². The van der Waals surface area contributed by atoms with Crippen molar-refractivity contribution in [2.75, 3.05) is 0 Å². The van der Waals surface area contributed by atoms with E-state index >= 15 is 0 Å². The van der Waals surface area contributed by atoms with Gasteiger partial charge in [0.05, 0.1) is 3.57 Å². The average molecular weight is 316 g/mol. The summed E-state index contributed by atoms with van der Waals surface area (Å²) >= 11 is 2.19. The van der Waals surface area contributed by atoms with Crippen LogP contribution in [-0.2, 0) is 6.42 Å². The topological polar surface area (TPSA) is 20.2 Å². The molecule has 0 unspecified atom stereocenters. The lowest BCUT2D eigenvalue weighted by molar-refractivity contribution is 0.351. The Balaban J connectivity index is 2.06. The lowest BCUT2D eigenvalue weighted by Crippen LogP contribution is -2.09. The molecule has 0 saturated heterocycles. The molecule has 1 aromatic rings. The molecule has 2 rings (SSSR count). The summed E-state index contributed by atoms with van der Waals surface area (Å²) in [4.78, 5) is 0. The fraction of sp³-hybridized carbons (Fsp3) is 0.538. The van der Waals surface area contributed by atoms with Crippen LogP contribution in [0.15, 0.2) is 18.2 Å². The molecular weight excluding hydrogens is 299 g/mol. The molecule has 2 heteroatoms. The molecular formula is C13H17IO. The number of para-hydroxylation sites is 1. The quantitative estimate of drug-likeness (QED) is 0.814. The molecule has 15 heavy (non-hydrogen) atoms. The minimum Gasteiger partial charge on any atom is -0.507 e. The number of rotatable bonds is 2.